The Hall–Kier alpha value is -1.38. The molecular formula is C11H15NO2. The van der Waals surface area contributed by atoms with E-state index in [4.69, 9.17) is 0 Å². The van der Waals surface area contributed by atoms with Crippen LogP contribution in [-0.2, 0) is 9.59 Å². The molecule has 0 N–H and O–H groups in total. The molecule has 0 aromatic heterocycles. The van der Waals surface area contributed by atoms with Crippen molar-refractivity contribution in [3.8, 4) is 0 Å². The Morgan fingerprint density at radius 3 is 2.36 bits per heavy atom. The maximum Gasteiger partial charge on any atom is 0.175 e. The normalized spacial score (nSPS) is 26.0. The molecule has 1 unspecified atom stereocenters. The molecule has 0 aliphatic carbocycles. The van der Waals surface area contributed by atoms with Crippen molar-refractivity contribution >= 4 is 11.6 Å². The van der Waals surface area contributed by atoms with E-state index in [0.717, 1.165) is 0 Å². The summed E-state index contributed by atoms with van der Waals surface area (Å²) in [6, 6.07) is 0. The molecule has 1 heterocycles. The highest BCUT2D eigenvalue weighted by Crippen LogP contribution is 2.28. The molecule has 0 amide bonds. The van der Waals surface area contributed by atoms with Crippen LogP contribution in [0.2, 0.25) is 0 Å². The van der Waals surface area contributed by atoms with E-state index >= 15 is 0 Å². The fourth-order valence-corrected chi connectivity index (χ4v) is 1.35. The molecule has 14 heavy (non-hydrogen) atoms. The second kappa shape index (κ2) is 3.40. The molecule has 3 nitrogen and oxygen atoms in total. The first-order valence-corrected chi connectivity index (χ1v) is 4.54. The number of hydrogen-bond acceptors (Lipinski definition) is 3. The van der Waals surface area contributed by atoms with E-state index in [1.54, 1.807) is 24.2 Å². The molecule has 0 saturated heterocycles. The summed E-state index contributed by atoms with van der Waals surface area (Å²) in [6.07, 6.45) is 5.29. The van der Waals surface area contributed by atoms with Crippen LogP contribution in [0.4, 0.5) is 0 Å². The van der Waals surface area contributed by atoms with Gasteiger partial charge < -0.3 is 4.90 Å². The first-order chi connectivity index (χ1) is 6.37. The van der Waals surface area contributed by atoms with Crippen LogP contribution >= 0.6 is 0 Å². The van der Waals surface area contributed by atoms with Crippen molar-refractivity contribution in [3.05, 3.63) is 24.0 Å². The Morgan fingerprint density at radius 2 is 1.93 bits per heavy atom. The van der Waals surface area contributed by atoms with Gasteiger partial charge in [0.25, 0.3) is 0 Å². The molecule has 0 radical (unpaired) electrons. The highest BCUT2D eigenvalue weighted by molar-refractivity contribution is 5.96. The van der Waals surface area contributed by atoms with Crippen molar-refractivity contribution in [2.75, 3.05) is 7.05 Å². The van der Waals surface area contributed by atoms with Crippen LogP contribution in [-0.4, -0.2) is 23.5 Å². The zero-order valence-electron chi connectivity index (χ0n) is 9.00. The minimum Gasteiger partial charge on any atom is -0.349 e. The van der Waals surface area contributed by atoms with E-state index in [1.807, 2.05) is 13.0 Å². The monoisotopic (exact) mass is 193 g/mol. The molecule has 1 rings (SSSR count). The van der Waals surface area contributed by atoms with Crippen molar-refractivity contribution in [1.82, 2.24) is 4.90 Å². The third-order valence-corrected chi connectivity index (χ3v) is 2.58. The average molecular weight is 193 g/mol. The first kappa shape index (κ1) is 10.7. The molecule has 1 atom stereocenters. The van der Waals surface area contributed by atoms with Gasteiger partial charge in [-0.2, -0.15) is 0 Å². The van der Waals surface area contributed by atoms with Gasteiger partial charge in [-0.25, -0.2) is 0 Å². The van der Waals surface area contributed by atoms with Crippen LogP contribution in [0.3, 0.4) is 0 Å². The molecule has 76 valence electrons. The number of hydrogen-bond donors (Lipinski definition) is 0. The summed E-state index contributed by atoms with van der Waals surface area (Å²) < 4.78 is 0. The van der Waals surface area contributed by atoms with Crippen LogP contribution in [0.1, 0.15) is 20.8 Å². The fourth-order valence-electron chi connectivity index (χ4n) is 1.35. The van der Waals surface area contributed by atoms with E-state index in [2.05, 4.69) is 0 Å². The van der Waals surface area contributed by atoms with Gasteiger partial charge >= 0.3 is 0 Å². The van der Waals surface area contributed by atoms with E-state index in [9.17, 15) is 9.59 Å². The molecule has 0 fully saturated rings. The van der Waals surface area contributed by atoms with Gasteiger partial charge in [-0.1, -0.05) is 6.08 Å². The SMILES string of the molecule is CC(=O)C1=CC(C)(C(C)=O)C=CN1C. The Balaban J connectivity index is 3.13. The van der Waals surface area contributed by atoms with Crippen LogP contribution in [0, 0.1) is 5.41 Å². The Kier molecular flexibility index (Phi) is 2.60. The second-order valence-electron chi connectivity index (χ2n) is 3.85. The molecule has 0 aromatic carbocycles. The number of allylic oxidation sites excluding steroid dienone is 3. The highest BCUT2D eigenvalue weighted by Gasteiger charge is 2.29. The lowest BCUT2D eigenvalue weighted by Gasteiger charge is -2.28. The van der Waals surface area contributed by atoms with Crippen molar-refractivity contribution in [3.63, 3.8) is 0 Å². The summed E-state index contributed by atoms with van der Waals surface area (Å²) >= 11 is 0. The lowest BCUT2D eigenvalue weighted by Crippen LogP contribution is -2.30. The van der Waals surface area contributed by atoms with Gasteiger partial charge in [0, 0.05) is 20.2 Å². The largest absolute Gasteiger partial charge is 0.349 e. The molecule has 0 spiro atoms. The molecule has 0 bridgehead atoms. The Labute approximate surface area is 84.1 Å². The molecule has 3 heteroatoms. The fraction of sp³-hybridized carbons (Fsp3) is 0.455. The smallest absolute Gasteiger partial charge is 0.175 e. The third-order valence-electron chi connectivity index (χ3n) is 2.58. The minimum atomic E-state index is -0.631. The van der Waals surface area contributed by atoms with Gasteiger partial charge in [0.1, 0.15) is 5.78 Å². The number of likely N-dealkylation sites (N-methyl/N-ethyl adjacent to an activating group) is 1. The molecule has 1 aliphatic rings. The number of ketones is 2. The van der Waals surface area contributed by atoms with Crippen molar-refractivity contribution in [2.45, 2.75) is 20.8 Å². The van der Waals surface area contributed by atoms with E-state index in [-0.39, 0.29) is 11.6 Å². The van der Waals surface area contributed by atoms with Crippen LogP contribution in [0.15, 0.2) is 24.0 Å². The maximum absolute atomic E-state index is 11.4. The summed E-state index contributed by atoms with van der Waals surface area (Å²) in [6.45, 7) is 4.84. The quantitative estimate of drug-likeness (QED) is 0.667. The topological polar surface area (TPSA) is 37.4 Å². The van der Waals surface area contributed by atoms with Gasteiger partial charge in [-0.3, -0.25) is 9.59 Å². The molecular weight excluding hydrogens is 178 g/mol. The van der Waals surface area contributed by atoms with Crippen LogP contribution in [0.5, 0.6) is 0 Å². The van der Waals surface area contributed by atoms with Gasteiger partial charge in [-0.05, 0) is 19.9 Å². The summed E-state index contributed by atoms with van der Waals surface area (Å²) in [4.78, 5) is 24.4. The highest BCUT2D eigenvalue weighted by atomic mass is 16.1. The summed E-state index contributed by atoms with van der Waals surface area (Å²) in [7, 11) is 1.80. The van der Waals surface area contributed by atoms with Crippen molar-refractivity contribution in [1.29, 1.82) is 0 Å². The lowest BCUT2D eigenvalue weighted by molar-refractivity contribution is -0.121. The van der Waals surface area contributed by atoms with Gasteiger partial charge in [0.05, 0.1) is 11.1 Å². The van der Waals surface area contributed by atoms with E-state index < -0.39 is 5.41 Å². The van der Waals surface area contributed by atoms with E-state index in [0.29, 0.717) is 5.70 Å². The van der Waals surface area contributed by atoms with Gasteiger partial charge in [-0.15, -0.1) is 0 Å². The maximum atomic E-state index is 11.4. The van der Waals surface area contributed by atoms with Crippen LogP contribution in [0.25, 0.3) is 0 Å². The average Bonchev–Trinajstić information content (AvgIpc) is 2.09. The lowest BCUT2D eigenvalue weighted by atomic mass is 9.83. The number of carbonyl (C=O) groups excluding carboxylic acids is 2. The van der Waals surface area contributed by atoms with Gasteiger partial charge in [0.2, 0.25) is 0 Å². The second-order valence-corrected chi connectivity index (χ2v) is 3.85. The van der Waals surface area contributed by atoms with E-state index in [1.165, 1.54) is 13.8 Å². The number of nitrogens with zero attached hydrogens (tertiary/aromatic N) is 1. The Morgan fingerprint density at radius 1 is 1.36 bits per heavy atom. The van der Waals surface area contributed by atoms with Gasteiger partial charge in [0.15, 0.2) is 5.78 Å². The van der Waals surface area contributed by atoms with Crippen molar-refractivity contribution in [2.24, 2.45) is 5.41 Å². The predicted molar refractivity (Wildman–Crippen MR) is 54.5 cm³/mol. The van der Waals surface area contributed by atoms with Crippen LogP contribution < -0.4 is 0 Å². The van der Waals surface area contributed by atoms with Crippen molar-refractivity contribution < 1.29 is 9.59 Å². The first-order valence-electron chi connectivity index (χ1n) is 4.54. The molecule has 1 aliphatic heterocycles. The summed E-state index contributed by atoms with van der Waals surface area (Å²) in [5.74, 6) is 0.0184. The summed E-state index contributed by atoms with van der Waals surface area (Å²) in [5.41, 5.74) is -0.0572. The minimum absolute atomic E-state index is 0.0238. The predicted octanol–water partition coefficient (Wildman–Crippen LogP) is 1.51. The number of carbonyl (C=O) groups is 2. The number of rotatable bonds is 2. The molecule has 0 aromatic rings. The number of Topliss-reactive ketones (excluding diaryl/α,β-unsaturated/α-hetero) is 2. The molecule has 0 saturated carbocycles. The zero-order valence-corrected chi connectivity index (χ0v) is 9.00. The summed E-state index contributed by atoms with van der Waals surface area (Å²) in [5, 5.41) is 0. The zero-order chi connectivity index (χ0) is 10.9. The third kappa shape index (κ3) is 1.76. The standard InChI is InChI=1S/C11H15NO2/c1-8(13)10-7-11(3,9(2)14)5-6-12(10)4/h5-7H,1-4H3. The Bertz CT molecular complexity index is 341.